The zero-order valence-electron chi connectivity index (χ0n) is 15.1. The minimum atomic E-state index is -0.708. The molecule has 0 spiro atoms. The number of hydrogen-bond acceptors (Lipinski definition) is 4. The van der Waals surface area contributed by atoms with E-state index in [9.17, 15) is 4.79 Å². The van der Waals surface area contributed by atoms with Crippen molar-refractivity contribution in [2.24, 2.45) is 4.99 Å². The SMILES string of the molecule is CCCCOc1c/c(=N\C(=O)Oc2ccccc2)cnn1-c1ccccc1. The molecule has 0 atom stereocenters. The van der Waals surface area contributed by atoms with E-state index in [-0.39, 0.29) is 0 Å². The third-order valence-corrected chi connectivity index (χ3v) is 3.70. The van der Waals surface area contributed by atoms with Gasteiger partial charge < -0.3 is 9.47 Å². The molecule has 0 aliphatic heterocycles. The van der Waals surface area contributed by atoms with Crippen molar-refractivity contribution in [2.75, 3.05) is 6.61 Å². The Kier molecular flexibility index (Phi) is 6.35. The Morgan fingerprint density at radius 3 is 2.48 bits per heavy atom. The second-order valence-corrected chi connectivity index (χ2v) is 5.79. The second kappa shape index (κ2) is 9.33. The molecule has 0 bridgehead atoms. The van der Waals surface area contributed by atoms with Crippen LogP contribution in [0, 0.1) is 0 Å². The van der Waals surface area contributed by atoms with Crippen LogP contribution in [0.2, 0.25) is 0 Å². The van der Waals surface area contributed by atoms with Crippen molar-refractivity contribution in [1.29, 1.82) is 0 Å². The van der Waals surface area contributed by atoms with Crippen LogP contribution in [0.5, 0.6) is 11.6 Å². The molecule has 2 aromatic carbocycles. The van der Waals surface area contributed by atoms with E-state index < -0.39 is 6.09 Å². The van der Waals surface area contributed by atoms with E-state index in [4.69, 9.17) is 9.47 Å². The normalized spacial score (nSPS) is 11.2. The molecule has 0 unspecified atom stereocenters. The Balaban J connectivity index is 1.87. The van der Waals surface area contributed by atoms with Gasteiger partial charge in [-0.05, 0) is 30.7 Å². The number of hydrogen-bond donors (Lipinski definition) is 0. The molecule has 6 heteroatoms. The molecule has 3 rings (SSSR count). The molecule has 0 saturated carbocycles. The maximum atomic E-state index is 12.0. The summed E-state index contributed by atoms with van der Waals surface area (Å²) < 4.78 is 12.7. The van der Waals surface area contributed by atoms with Crippen LogP contribution in [0.15, 0.2) is 77.9 Å². The molecule has 3 aromatic rings. The number of aromatic nitrogens is 2. The molecule has 0 saturated heterocycles. The standard InChI is InChI=1S/C21H21N3O3/c1-2-3-14-26-20-15-17(16-22-24(20)18-10-6-4-7-11-18)23-21(25)27-19-12-8-5-9-13-19/h4-13,15-16H,2-3,14H2,1H3/b23-17+. The first-order valence-corrected chi connectivity index (χ1v) is 8.85. The summed E-state index contributed by atoms with van der Waals surface area (Å²) >= 11 is 0. The topological polar surface area (TPSA) is 65.7 Å². The number of carbonyl (C=O) groups excluding carboxylic acids is 1. The number of nitrogens with zero attached hydrogens (tertiary/aromatic N) is 3. The summed E-state index contributed by atoms with van der Waals surface area (Å²) in [6, 6.07) is 20.1. The van der Waals surface area contributed by atoms with Crippen LogP contribution in [0.3, 0.4) is 0 Å². The molecule has 0 fully saturated rings. The fraction of sp³-hybridized carbons (Fsp3) is 0.190. The molecular weight excluding hydrogens is 342 g/mol. The average Bonchev–Trinajstić information content (AvgIpc) is 2.70. The minimum absolute atomic E-state index is 0.370. The Hall–Kier alpha value is -3.41. The zero-order valence-corrected chi connectivity index (χ0v) is 15.1. The number of para-hydroxylation sites is 2. The molecule has 0 aliphatic rings. The largest absolute Gasteiger partial charge is 0.478 e. The fourth-order valence-electron chi connectivity index (χ4n) is 2.36. The molecule has 0 aliphatic carbocycles. The summed E-state index contributed by atoms with van der Waals surface area (Å²) in [5, 5.41) is 4.75. The summed E-state index contributed by atoms with van der Waals surface area (Å²) in [6.07, 6.45) is 2.74. The first kappa shape index (κ1) is 18.4. The summed E-state index contributed by atoms with van der Waals surface area (Å²) in [6.45, 7) is 2.65. The van der Waals surface area contributed by atoms with Gasteiger partial charge in [0.1, 0.15) is 5.75 Å². The molecule has 1 aromatic heterocycles. The van der Waals surface area contributed by atoms with Crippen LogP contribution < -0.4 is 14.8 Å². The summed E-state index contributed by atoms with van der Waals surface area (Å²) in [7, 11) is 0. The summed E-state index contributed by atoms with van der Waals surface area (Å²) in [4.78, 5) is 16.0. The predicted octanol–water partition coefficient (Wildman–Crippen LogP) is 4.15. The molecule has 138 valence electrons. The predicted molar refractivity (Wildman–Crippen MR) is 102 cm³/mol. The van der Waals surface area contributed by atoms with Crippen LogP contribution in [-0.2, 0) is 0 Å². The Bertz CT molecular complexity index is 938. The van der Waals surface area contributed by atoms with E-state index in [2.05, 4.69) is 17.0 Å². The van der Waals surface area contributed by atoms with Gasteiger partial charge in [0, 0.05) is 6.07 Å². The van der Waals surface area contributed by atoms with Gasteiger partial charge in [-0.25, -0.2) is 9.48 Å². The monoisotopic (exact) mass is 363 g/mol. The first-order chi connectivity index (χ1) is 13.3. The highest BCUT2D eigenvalue weighted by Gasteiger charge is 2.07. The van der Waals surface area contributed by atoms with Gasteiger partial charge in [-0.2, -0.15) is 10.1 Å². The Labute approximate surface area is 157 Å². The highest BCUT2D eigenvalue weighted by molar-refractivity contribution is 5.71. The van der Waals surface area contributed by atoms with Crippen molar-refractivity contribution < 1.29 is 14.3 Å². The van der Waals surface area contributed by atoms with Crippen LogP contribution >= 0.6 is 0 Å². The summed E-state index contributed by atoms with van der Waals surface area (Å²) in [5.41, 5.74) is 0.863. The highest BCUT2D eigenvalue weighted by atomic mass is 16.5. The lowest BCUT2D eigenvalue weighted by Gasteiger charge is -2.13. The molecule has 1 amide bonds. The van der Waals surface area contributed by atoms with Gasteiger partial charge in [0.15, 0.2) is 0 Å². The molecular formula is C21H21N3O3. The fourth-order valence-corrected chi connectivity index (χ4v) is 2.36. The number of carbonyl (C=O) groups is 1. The second-order valence-electron chi connectivity index (χ2n) is 5.79. The molecule has 6 nitrogen and oxygen atoms in total. The first-order valence-electron chi connectivity index (χ1n) is 8.85. The van der Waals surface area contributed by atoms with E-state index in [0.29, 0.717) is 23.6 Å². The molecule has 27 heavy (non-hydrogen) atoms. The van der Waals surface area contributed by atoms with Crippen molar-refractivity contribution in [3.8, 4) is 17.3 Å². The van der Waals surface area contributed by atoms with Crippen LogP contribution in [0.25, 0.3) is 5.69 Å². The van der Waals surface area contributed by atoms with Crippen molar-refractivity contribution in [1.82, 2.24) is 9.78 Å². The third-order valence-electron chi connectivity index (χ3n) is 3.70. The van der Waals surface area contributed by atoms with Crippen molar-refractivity contribution in [3.05, 3.63) is 78.3 Å². The van der Waals surface area contributed by atoms with Gasteiger partial charge in [0.05, 0.1) is 23.8 Å². The number of ether oxygens (including phenoxy) is 2. The number of rotatable bonds is 6. The van der Waals surface area contributed by atoms with E-state index in [1.807, 2.05) is 36.4 Å². The van der Waals surface area contributed by atoms with Gasteiger partial charge in [0.25, 0.3) is 0 Å². The van der Waals surface area contributed by atoms with Crippen molar-refractivity contribution in [2.45, 2.75) is 19.8 Å². The smallest absolute Gasteiger partial charge is 0.439 e. The lowest BCUT2D eigenvalue weighted by Crippen LogP contribution is -2.16. The van der Waals surface area contributed by atoms with Gasteiger partial charge in [-0.1, -0.05) is 49.7 Å². The van der Waals surface area contributed by atoms with Gasteiger partial charge in [0.2, 0.25) is 5.88 Å². The van der Waals surface area contributed by atoms with Crippen LogP contribution in [0.4, 0.5) is 4.79 Å². The Morgan fingerprint density at radius 2 is 1.78 bits per heavy atom. The average molecular weight is 363 g/mol. The third kappa shape index (κ3) is 5.28. The number of amides is 1. The zero-order chi connectivity index (χ0) is 18.9. The Morgan fingerprint density at radius 1 is 1.07 bits per heavy atom. The van der Waals surface area contributed by atoms with Crippen molar-refractivity contribution in [3.63, 3.8) is 0 Å². The van der Waals surface area contributed by atoms with Crippen LogP contribution in [0.1, 0.15) is 19.8 Å². The van der Waals surface area contributed by atoms with E-state index in [1.165, 1.54) is 6.20 Å². The van der Waals surface area contributed by atoms with E-state index >= 15 is 0 Å². The number of unbranched alkanes of at least 4 members (excludes halogenated alkanes) is 1. The highest BCUT2D eigenvalue weighted by Crippen LogP contribution is 2.14. The van der Waals surface area contributed by atoms with Crippen molar-refractivity contribution >= 4 is 6.09 Å². The lowest BCUT2D eigenvalue weighted by atomic mass is 10.3. The maximum Gasteiger partial charge on any atom is 0.439 e. The summed E-state index contributed by atoms with van der Waals surface area (Å²) in [5.74, 6) is 0.956. The number of benzene rings is 2. The molecule has 0 N–H and O–H groups in total. The van der Waals surface area contributed by atoms with E-state index in [1.54, 1.807) is 35.0 Å². The van der Waals surface area contributed by atoms with Gasteiger partial charge >= 0.3 is 6.09 Å². The molecule has 0 radical (unpaired) electrons. The molecule has 1 heterocycles. The van der Waals surface area contributed by atoms with Gasteiger partial charge in [-0.15, -0.1) is 0 Å². The minimum Gasteiger partial charge on any atom is -0.478 e. The maximum absolute atomic E-state index is 12.0. The van der Waals surface area contributed by atoms with Gasteiger partial charge in [-0.3, -0.25) is 0 Å². The van der Waals surface area contributed by atoms with Crippen LogP contribution in [-0.4, -0.2) is 22.5 Å². The van der Waals surface area contributed by atoms with E-state index in [0.717, 1.165) is 18.5 Å². The quantitative estimate of drug-likeness (QED) is 0.617. The lowest BCUT2D eigenvalue weighted by molar-refractivity contribution is 0.210.